The first-order chi connectivity index (χ1) is 6.32. The predicted octanol–water partition coefficient (Wildman–Crippen LogP) is 0.434. The zero-order valence-corrected chi connectivity index (χ0v) is 9.79. The van der Waals surface area contributed by atoms with Crippen molar-refractivity contribution in [3.63, 3.8) is 0 Å². The van der Waals surface area contributed by atoms with Gasteiger partial charge in [0.15, 0.2) is 9.84 Å². The Balaban J connectivity index is 2.33. The van der Waals surface area contributed by atoms with Gasteiger partial charge in [-0.1, -0.05) is 6.08 Å². The van der Waals surface area contributed by atoms with Crippen molar-refractivity contribution in [3.8, 4) is 0 Å². The van der Waals surface area contributed by atoms with Crippen LogP contribution in [-0.4, -0.2) is 51.1 Å². The fourth-order valence-corrected chi connectivity index (χ4v) is 5.05. The molecule has 1 saturated heterocycles. The second kappa shape index (κ2) is 2.83. The number of rotatable bonds is 1. The molecule has 0 unspecified atom stereocenters. The Kier molecular flexibility index (Phi) is 2.05. The highest BCUT2D eigenvalue weighted by Gasteiger charge is 2.54. The smallest absolute Gasteiger partial charge is 0.159 e. The van der Waals surface area contributed by atoms with Gasteiger partial charge in [0.2, 0.25) is 0 Å². The number of nitrogens with zero attached hydrogens (tertiary/aromatic N) is 1. The number of hydrogen-bond donors (Lipinski definition) is 0. The van der Waals surface area contributed by atoms with Gasteiger partial charge in [0.1, 0.15) is 11.3 Å². The van der Waals surface area contributed by atoms with Gasteiger partial charge in [0.25, 0.3) is 0 Å². The molecule has 3 nitrogen and oxygen atoms in total. The summed E-state index contributed by atoms with van der Waals surface area (Å²) in [5.74, 6) is 0.783. The van der Waals surface area contributed by atoms with E-state index in [2.05, 4.69) is 33.3 Å². The molecule has 2 rings (SSSR count). The average Bonchev–Trinajstić information content (AvgIpc) is 2.00. The molecule has 0 bridgehead atoms. The average molecular weight is 216 g/mol. The highest BCUT2D eigenvalue weighted by atomic mass is 32.2. The molecule has 1 heterocycles. The van der Waals surface area contributed by atoms with Crippen LogP contribution < -0.4 is 0 Å². The van der Waals surface area contributed by atoms with E-state index in [0.29, 0.717) is 16.2 Å². The van der Waals surface area contributed by atoms with Crippen molar-refractivity contribution in [2.45, 2.75) is 17.7 Å². The molecule has 1 aliphatic heterocycles. The molecule has 0 aromatic heterocycles. The topological polar surface area (TPSA) is 34.1 Å². The van der Waals surface area contributed by atoms with Crippen molar-refractivity contribution >= 4 is 9.84 Å². The normalized spacial score (nSPS) is 40.1. The third-order valence-electron chi connectivity index (χ3n) is 3.33. The van der Waals surface area contributed by atoms with Crippen LogP contribution in [0.3, 0.4) is 0 Å². The maximum atomic E-state index is 11.7. The van der Waals surface area contributed by atoms with Crippen LogP contribution in [0.25, 0.3) is 0 Å². The van der Waals surface area contributed by atoms with Crippen molar-refractivity contribution in [1.82, 2.24) is 0 Å². The van der Waals surface area contributed by atoms with E-state index < -0.39 is 9.84 Å². The van der Waals surface area contributed by atoms with Gasteiger partial charge >= 0.3 is 0 Å². The van der Waals surface area contributed by atoms with Crippen LogP contribution >= 0.6 is 0 Å². The lowest BCUT2D eigenvalue weighted by Gasteiger charge is -2.47. The van der Waals surface area contributed by atoms with Gasteiger partial charge in [-0.3, -0.25) is 0 Å². The molecule has 0 spiro atoms. The van der Waals surface area contributed by atoms with E-state index in [9.17, 15) is 8.42 Å². The molecular weight excluding hydrogens is 198 g/mol. The van der Waals surface area contributed by atoms with Crippen LogP contribution in [0.5, 0.6) is 0 Å². The zero-order chi connectivity index (χ0) is 10.6. The summed E-state index contributed by atoms with van der Waals surface area (Å²) in [6.07, 6.45) is 5.17. The summed E-state index contributed by atoms with van der Waals surface area (Å²) in [4.78, 5) is 0. The van der Waals surface area contributed by atoms with E-state index in [0.717, 1.165) is 6.42 Å². The Labute approximate surface area is 85.9 Å². The number of hydrogen-bond acceptors (Lipinski definition) is 2. The molecule has 1 aliphatic carbocycles. The van der Waals surface area contributed by atoms with Crippen LogP contribution in [0.2, 0.25) is 0 Å². The van der Waals surface area contributed by atoms with Crippen LogP contribution in [-0.2, 0) is 9.84 Å². The van der Waals surface area contributed by atoms with Gasteiger partial charge in [-0.05, 0) is 18.4 Å². The lowest BCUT2D eigenvalue weighted by atomic mass is 9.89. The Bertz CT molecular complexity index is 364. The Morgan fingerprint density at radius 3 is 2.36 bits per heavy atom. The molecule has 0 saturated carbocycles. The maximum Gasteiger partial charge on any atom is 0.159 e. The molecule has 0 amide bonds. The minimum absolute atomic E-state index is 0.118. The lowest BCUT2D eigenvalue weighted by Crippen LogP contribution is -2.63. The molecule has 3 atom stereocenters. The lowest BCUT2D eigenvalue weighted by molar-refractivity contribution is -0.889. The minimum atomic E-state index is -2.78. The number of fused-ring (bicyclic) bond motifs is 1. The first kappa shape index (κ1) is 10.2. The van der Waals surface area contributed by atoms with Gasteiger partial charge in [0, 0.05) is 0 Å². The predicted molar refractivity (Wildman–Crippen MR) is 56.6 cm³/mol. The highest BCUT2D eigenvalue weighted by Crippen LogP contribution is 2.39. The van der Waals surface area contributed by atoms with Crippen molar-refractivity contribution in [1.29, 1.82) is 0 Å². The fourth-order valence-electron chi connectivity index (χ4n) is 2.57. The molecule has 80 valence electrons. The molecule has 2 aliphatic rings. The SMILES string of the molecule is C[N+](C)(C)[C@@H]1C=CC[C@H]2CS(=O)(=O)[C@H]21. The molecule has 4 heteroatoms. The summed E-state index contributed by atoms with van der Waals surface area (Å²) < 4.78 is 24.0. The fraction of sp³-hybridized carbons (Fsp3) is 0.800. The monoisotopic (exact) mass is 216 g/mol. The van der Waals surface area contributed by atoms with Gasteiger partial charge in [0.05, 0.1) is 26.9 Å². The van der Waals surface area contributed by atoms with Crippen molar-refractivity contribution in [2.75, 3.05) is 26.9 Å². The standard InChI is InChI=1S/C10H18NO2S/c1-11(2,3)9-6-4-5-8-7-14(12,13)10(8)9/h4,6,8-10H,5,7H2,1-3H3/q+1/t8-,9+,10+/m0/s1. The second-order valence-electron chi connectivity index (χ2n) is 5.32. The Morgan fingerprint density at radius 2 is 1.93 bits per heavy atom. The van der Waals surface area contributed by atoms with E-state index in [4.69, 9.17) is 0 Å². The van der Waals surface area contributed by atoms with E-state index in [1.165, 1.54) is 0 Å². The van der Waals surface area contributed by atoms with Crippen LogP contribution in [0.1, 0.15) is 6.42 Å². The van der Waals surface area contributed by atoms with E-state index >= 15 is 0 Å². The summed E-state index contributed by atoms with van der Waals surface area (Å²) in [5, 5.41) is -0.118. The zero-order valence-electron chi connectivity index (χ0n) is 8.97. The third kappa shape index (κ3) is 1.41. The Hall–Kier alpha value is -0.350. The quantitative estimate of drug-likeness (QED) is 0.471. The first-order valence-corrected chi connectivity index (χ1v) is 6.73. The number of allylic oxidation sites excluding steroid dienone is 1. The van der Waals surface area contributed by atoms with Gasteiger partial charge < -0.3 is 4.48 Å². The molecule has 14 heavy (non-hydrogen) atoms. The third-order valence-corrected chi connectivity index (χ3v) is 5.71. The Morgan fingerprint density at radius 1 is 1.29 bits per heavy atom. The molecule has 1 fully saturated rings. The van der Waals surface area contributed by atoms with Crippen molar-refractivity contribution in [3.05, 3.63) is 12.2 Å². The van der Waals surface area contributed by atoms with E-state index in [1.54, 1.807) is 0 Å². The first-order valence-electron chi connectivity index (χ1n) is 5.02. The highest BCUT2D eigenvalue weighted by molar-refractivity contribution is 7.93. The van der Waals surface area contributed by atoms with Crippen LogP contribution in [0.15, 0.2) is 12.2 Å². The molecule has 0 aromatic carbocycles. The van der Waals surface area contributed by atoms with Gasteiger partial charge in [-0.25, -0.2) is 8.42 Å². The molecule has 0 N–H and O–H groups in total. The second-order valence-corrected chi connectivity index (χ2v) is 7.53. The van der Waals surface area contributed by atoms with E-state index in [1.807, 2.05) is 0 Å². The number of quaternary nitrogens is 1. The van der Waals surface area contributed by atoms with Crippen LogP contribution in [0, 0.1) is 5.92 Å². The molecule has 0 radical (unpaired) electrons. The van der Waals surface area contributed by atoms with Crippen LogP contribution in [0.4, 0.5) is 0 Å². The summed E-state index contributed by atoms with van der Waals surface area (Å²) in [6.45, 7) is 0. The number of sulfone groups is 1. The van der Waals surface area contributed by atoms with Gasteiger partial charge in [-0.2, -0.15) is 0 Å². The maximum absolute atomic E-state index is 11.7. The molecular formula is C10H18NO2S+. The summed E-state index contributed by atoms with van der Waals surface area (Å²) in [6, 6.07) is 0.146. The van der Waals surface area contributed by atoms with Crippen molar-refractivity contribution in [2.24, 2.45) is 5.92 Å². The summed E-state index contributed by atoms with van der Waals surface area (Å²) >= 11 is 0. The number of likely N-dealkylation sites (N-methyl/N-ethyl adjacent to an activating group) is 1. The molecule has 0 aromatic rings. The van der Waals surface area contributed by atoms with Gasteiger partial charge in [-0.15, -0.1) is 0 Å². The summed E-state index contributed by atoms with van der Waals surface area (Å²) in [5.41, 5.74) is 0. The van der Waals surface area contributed by atoms with Crippen molar-refractivity contribution < 1.29 is 12.9 Å². The minimum Gasteiger partial charge on any atom is -0.324 e. The summed E-state index contributed by atoms with van der Waals surface area (Å²) in [7, 11) is 3.40. The largest absolute Gasteiger partial charge is 0.324 e. The van der Waals surface area contributed by atoms with E-state index in [-0.39, 0.29) is 11.3 Å².